The largest absolute Gasteiger partial charge is 0.492 e. The van der Waals surface area contributed by atoms with E-state index in [1.807, 2.05) is 72.8 Å². The lowest BCUT2D eigenvalue weighted by molar-refractivity contribution is -0.117. The SMILES string of the molecule is Cc1c(C#N)c(NC(=O)CN(C)CCOc2ccccc2)n(Cc2ccco2)c1C. The van der Waals surface area contributed by atoms with E-state index in [1.165, 1.54) is 0 Å². The molecule has 0 unspecified atom stereocenters. The number of furan rings is 1. The third-order valence-corrected chi connectivity index (χ3v) is 4.99. The molecule has 2 aromatic heterocycles. The maximum absolute atomic E-state index is 12.7. The van der Waals surface area contributed by atoms with Gasteiger partial charge < -0.3 is 19.0 Å². The van der Waals surface area contributed by atoms with Gasteiger partial charge in [0.2, 0.25) is 5.91 Å². The highest BCUT2D eigenvalue weighted by atomic mass is 16.5. The lowest BCUT2D eigenvalue weighted by atomic mass is 10.2. The van der Waals surface area contributed by atoms with Gasteiger partial charge in [-0.05, 0) is 50.7 Å². The predicted molar refractivity (Wildman–Crippen MR) is 114 cm³/mol. The molecule has 1 N–H and O–H groups in total. The quantitative estimate of drug-likeness (QED) is 0.587. The van der Waals surface area contributed by atoms with Crippen LogP contribution in [0, 0.1) is 25.2 Å². The number of hydrogen-bond acceptors (Lipinski definition) is 5. The van der Waals surface area contributed by atoms with E-state index in [4.69, 9.17) is 9.15 Å². The summed E-state index contributed by atoms with van der Waals surface area (Å²) in [6, 6.07) is 15.5. The summed E-state index contributed by atoms with van der Waals surface area (Å²) in [4.78, 5) is 14.5. The van der Waals surface area contributed by atoms with Crippen molar-refractivity contribution in [2.45, 2.75) is 20.4 Å². The second-order valence-corrected chi connectivity index (χ2v) is 7.16. The van der Waals surface area contributed by atoms with Crippen LogP contribution in [0.2, 0.25) is 0 Å². The first-order valence-corrected chi connectivity index (χ1v) is 9.78. The van der Waals surface area contributed by atoms with Crippen molar-refractivity contribution >= 4 is 11.7 Å². The molecule has 1 amide bonds. The van der Waals surface area contributed by atoms with Gasteiger partial charge in [-0.3, -0.25) is 9.69 Å². The first-order chi connectivity index (χ1) is 14.5. The molecule has 7 heteroatoms. The van der Waals surface area contributed by atoms with E-state index >= 15 is 0 Å². The molecule has 0 aliphatic carbocycles. The zero-order chi connectivity index (χ0) is 21.5. The van der Waals surface area contributed by atoms with Gasteiger partial charge in [-0.25, -0.2) is 0 Å². The molecule has 7 nitrogen and oxygen atoms in total. The second-order valence-electron chi connectivity index (χ2n) is 7.16. The summed E-state index contributed by atoms with van der Waals surface area (Å²) in [7, 11) is 1.86. The Bertz CT molecular complexity index is 1020. The smallest absolute Gasteiger partial charge is 0.239 e. The maximum Gasteiger partial charge on any atom is 0.239 e. The number of rotatable bonds is 9. The number of hydrogen-bond donors (Lipinski definition) is 1. The van der Waals surface area contributed by atoms with Gasteiger partial charge in [0.05, 0.1) is 24.9 Å². The number of anilines is 1. The van der Waals surface area contributed by atoms with E-state index in [0.717, 1.165) is 22.8 Å². The molecule has 0 saturated heterocycles. The lowest BCUT2D eigenvalue weighted by Crippen LogP contribution is -2.33. The van der Waals surface area contributed by atoms with Crippen LogP contribution in [-0.2, 0) is 11.3 Å². The number of benzene rings is 1. The van der Waals surface area contributed by atoms with E-state index in [1.54, 1.807) is 6.26 Å². The van der Waals surface area contributed by atoms with Crippen molar-refractivity contribution < 1.29 is 13.9 Å². The zero-order valence-electron chi connectivity index (χ0n) is 17.5. The van der Waals surface area contributed by atoms with Crippen LogP contribution in [0.3, 0.4) is 0 Å². The Morgan fingerprint density at radius 2 is 2.00 bits per heavy atom. The normalized spacial score (nSPS) is 10.8. The number of carbonyl (C=O) groups is 1. The van der Waals surface area contributed by atoms with E-state index in [2.05, 4.69) is 11.4 Å². The van der Waals surface area contributed by atoms with Crippen molar-refractivity contribution in [2.24, 2.45) is 0 Å². The average Bonchev–Trinajstić information content (AvgIpc) is 3.32. The molecule has 2 heterocycles. The van der Waals surface area contributed by atoms with Gasteiger partial charge in [-0.2, -0.15) is 5.26 Å². The van der Waals surface area contributed by atoms with E-state index in [9.17, 15) is 10.1 Å². The van der Waals surface area contributed by atoms with Crippen LogP contribution < -0.4 is 10.1 Å². The number of nitriles is 1. The number of amides is 1. The van der Waals surface area contributed by atoms with Crippen LogP contribution in [0.5, 0.6) is 5.75 Å². The summed E-state index contributed by atoms with van der Waals surface area (Å²) in [5, 5.41) is 12.5. The van der Waals surface area contributed by atoms with Crippen molar-refractivity contribution in [3.63, 3.8) is 0 Å². The Morgan fingerprint density at radius 3 is 2.67 bits per heavy atom. The van der Waals surface area contributed by atoms with Gasteiger partial charge in [-0.15, -0.1) is 0 Å². The van der Waals surface area contributed by atoms with Gasteiger partial charge in [0.15, 0.2) is 0 Å². The molecule has 0 aliphatic heterocycles. The Balaban J connectivity index is 1.62. The molecule has 156 valence electrons. The maximum atomic E-state index is 12.7. The summed E-state index contributed by atoms with van der Waals surface area (Å²) in [6.45, 7) is 5.52. The molecule has 3 rings (SSSR count). The summed E-state index contributed by atoms with van der Waals surface area (Å²) in [5.41, 5.74) is 2.24. The molecular weight excluding hydrogens is 380 g/mol. The van der Waals surface area contributed by atoms with Crippen LogP contribution in [0.25, 0.3) is 0 Å². The van der Waals surface area contributed by atoms with Crippen molar-refractivity contribution in [3.8, 4) is 11.8 Å². The van der Waals surface area contributed by atoms with Gasteiger partial charge in [-0.1, -0.05) is 18.2 Å². The number of nitrogens with zero attached hydrogens (tertiary/aromatic N) is 3. The Hall–Kier alpha value is -3.50. The van der Waals surface area contributed by atoms with Gasteiger partial charge in [0.1, 0.15) is 30.0 Å². The highest BCUT2D eigenvalue weighted by Gasteiger charge is 2.20. The molecule has 0 spiro atoms. The molecule has 0 bridgehead atoms. The van der Waals surface area contributed by atoms with Crippen molar-refractivity contribution in [3.05, 3.63) is 71.3 Å². The number of nitrogens with one attached hydrogen (secondary N) is 1. The number of para-hydroxylation sites is 1. The Morgan fingerprint density at radius 1 is 1.23 bits per heavy atom. The van der Waals surface area contributed by atoms with E-state index in [-0.39, 0.29) is 12.5 Å². The molecule has 0 radical (unpaired) electrons. The van der Waals surface area contributed by atoms with Crippen molar-refractivity contribution in [1.82, 2.24) is 9.47 Å². The van der Waals surface area contributed by atoms with Crippen molar-refractivity contribution in [2.75, 3.05) is 32.1 Å². The summed E-state index contributed by atoms with van der Waals surface area (Å²) in [6.07, 6.45) is 1.61. The Kier molecular flexibility index (Phi) is 6.94. The van der Waals surface area contributed by atoms with Crippen LogP contribution >= 0.6 is 0 Å². The zero-order valence-corrected chi connectivity index (χ0v) is 17.5. The van der Waals surface area contributed by atoms with Crippen LogP contribution in [0.1, 0.15) is 22.6 Å². The van der Waals surface area contributed by atoms with E-state index < -0.39 is 0 Å². The minimum Gasteiger partial charge on any atom is -0.492 e. The number of aromatic nitrogens is 1. The molecule has 0 atom stereocenters. The standard InChI is InChI=1S/C23H26N4O3/c1-17-18(2)27(15-20-10-7-12-29-20)23(21(17)14-24)25-22(28)16-26(3)11-13-30-19-8-5-4-6-9-19/h4-10,12H,11,13,15-16H2,1-3H3,(H,25,28). The second kappa shape index (κ2) is 9.81. The molecule has 0 fully saturated rings. The number of carbonyl (C=O) groups excluding carboxylic acids is 1. The van der Waals surface area contributed by atoms with Crippen LogP contribution in [0.15, 0.2) is 53.1 Å². The predicted octanol–water partition coefficient (Wildman–Crippen LogP) is 3.57. The third kappa shape index (κ3) is 5.10. The fourth-order valence-electron chi connectivity index (χ4n) is 3.22. The van der Waals surface area contributed by atoms with Gasteiger partial charge >= 0.3 is 0 Å². The van der Waals surface area contributed by atoms with Gasteiger partial charge in [0, 0.05) is 12.2 Å². The minimum absolute atomic E-state index is 0.188. The number of likely N-dealkylation sites (N-methyl/N-ethyl adjacent to an activating group) is 1. The molecule has 1 aromatic carbocycles. The van der Waals surface area contributed by atoms with Gasteiger partial charge in [0.25, 0.3) is 0 Å². The summed E-state index contributed by atoms with van der Waals surface area (Å²) >= 11 is 0. The van der Waals surface area contributed by atoms with E-state index in [0.29, 0.717) is 31.1 Å². The van der Waals surface area contributed by atoms with Crippen molar-refractivity contribution in [1.29, 1.82) is 5.26 Å². The minimum atomic E-state index is -0.188. The molecule has 3 aromatic rings. The monoisotopic (exact) mass is 406 g/mol. The first kappa shape index (κ1) is 21.2. The Labute approximate surface area is 176 Å². The topological polar surface area (TPSA) is 83.4 Å². The number of ether oxygens (including phenoxy) is 1. The first-order valence-electron chi connectivity index (χ1n) is 9.78. The van der Waals surface area contributed by atoms with Crippen LogP contribution in [0.4, 0.5) is 5.82 Å². The third-order valence-electron chi connectivity index (χ3n) is 4.99. The van der Waals surface area contributed by atoms with Crippen LogP contribution in [-0.4, -0.2) is 42.1 Å². The molecular formula is C23H26N4O3. The highest BCUT2D eigenvalue weighted by Crippen LogP contribution is 2.27. The fraction of sp³-hybridized carbons (Fsp3) is 0.304. The lowest BCUT2D eigenvalue weighted by Gasteiger charge is -2.17. The molecule has 0 aliphatic rings. The summed E-state index contributed by atoms with van der Waals surface area (Å²) in [5.74, 6) is 1.87. The molecule has 30 heavy (non-hydrogen) atoms. The fourth-order valence-corrected chi connectivity index (χ4v) is 3.22. The average molecular weight is 406 g/mol. The summed E-state index contributed by atoms with van der Waals surface area (Å²) < 4.78 is 13.0. The molecule has 0 saturated carbocycles. The highest BCUT2D eigenvalue weighted by molar-refractivity contribution is 5.93.